The molecule has 0 bridgehead atoms. The van der Waals surface area contributed by atoms with Gasteiger partial charge in [-0.05, 0) is 24.3 Å². The second-order valence-electron chi connectivity index (χ2n) is 2.36. The number of halogens is 3. The maximum atomic E-state index is 10.7. The number of benzene rings is 1. The van der Waals surface area contributed by atoms with Crippen LogP contribution < -0.4 is 10.9 Å². The average Bonchev–Trinajstić information content (AvgIpc) is 2.01. The van der Waals surface area contributed by atoms with Crippen molar-refractivity contribution in [1.82, 2.24) is 0 Å². The Hall–Kier alpha value is -0.657. The molecule has 4 nitrogen and oxygen atoms in total. The van der Waals surface area contributed by atoms with E-state index in [0.717, 1.165) is 0 Å². The minimum Gasteiger partial charge on any atom is -0.399 e. The number of alkyl halides is 3. The smallest absolute Gasteiger partial charge is 0.379 e. The van der Waals surface area contributed by atoms with Crippen molar-refractivity contribution < 1.29 is 41.1 Å². The van der Waals surface area contributed by atoms with E-state index in [-0.39, 0.29) is 24.4 Å². The van der Waals surface area contributed by atoms with Gasteiger partial charge in [0.05, 0.1) is 4.90 Å². The van der Waals surface area contributed by atoms with E-state index in [1.54, 1.807) is 0 Å². The third-order valence-corrected chi connectivity index (χ3v) is 2.14. The van der Waals surface area contributed by atoms with E-state index in [2.05, 4.69) is 0 Å². The number of nitrogens with two attached hydrogens (primary N) is 2. The molecule has 0 radical (unpaired) electrons. The van der Waals surface area contributed by atoms with Gasteiger partial charge in [-0.15, -0.1) is 0 Å². The van der Waals surface area contributed by atoms with Crippen molar-refractivity contribution in [2.45, 2.75) is 11.6 Å². The zero-order valence-electron chi connectivity index (χ0n) is 8.11. The minimum absolute atomic E-state index is 0. The fraction of sp³-hybridized carbons (Fsp3) is 0.143. The topological polar surface area (TPSA) is 86.2 Å². The zero-order chi connectivity index (χ0) is 12.1. The molecule has 16 heavy (non-hydrogen) atoms. The quantitative estimate of drug-likeness (QED) is 0.601. The van der Waals surface area contributed by atoms with Crippen LogP contribution in [0, 0.1) is 0 Å². The van der Waals surface area contributed by atoms with Crippen molar-refractivity contribution in [2.75, 3.05) is 5.73 Å². The van der Waals surface area contributed by atoms with E-state index in [9.17, 15) is 21.6 Å². The Kier molecular flexibility index (Phi) is 8.41. The largest absolute Gasteiger partial charge is 0.399 e. The van der Waals surface area contributed by atoms with Crippen molar-refractivity contribution in [3.05, 3.63) is 24.3 Å². The fourth-order valence-electron chi connectivity index (χ4n) is 0.658. The van der Waals surface area contributed by atoms with E-state index < -0.39 is 16.7 Å². The van der Waals surface area contributed by atoms with Crippen LogP contribution in [-0.2, 0) is 29.5 Å². The van der Waals surface area contributed by atoms with Crippen molar-refractivity contribution in [1.29, 1.82) is 0 Å². The summed E-state index contributed by atoms with van der Waals surface area (Å²) in [5.41, 5.74) is 5.85. The summed E-state index contributed by atoms with van der Waals surface area (Å²) >= 11 is 0. The van der Waals surface area contributed by atoms with Crippen LogP contribution in [0.1, 0.15) is 0 Å². The Labute approximate surface area is 104 Å². The van der Waals surface area contributed by atoms with Gasteiger partial charge in [0.1, 0.15) is 0 Å². The molecule has 88 valence electrons. The van der Waals surface area contributed by atoms with Gasteiger partial charge in [0.15, 0.2) is 0 Å². The summed E-state index contributed by atoms with van der Waals surface area (Å²) in [6.45, 7) is -3.67. The van der Waals surface area contributed by atoms with Gasteiger partial charge in [0, 0.05) is 25.2 Å². The summed E-state index contributed by atoms with van der Waals surface area (Å²) in [7, 11) is -3.58. The monoisotopic (exact) mass is 306 g/mol. The number of hydrogen-bond acceptors (Lipinski definition) is 3. The van der Waals surface area contributed by atoms with Gasteiger partial charge >= 0.3 is 6.68 Å². The van der Waals surface area contributed by atoms with Crippen molar-refractivity contribution in [3.8, 4) is 0 Å². The molecule has 0 heterocycles. The maximum Gasteiger partial charge on any atom is 0.379 e. The first-order valence-corrected chi connectivity index (χ1v) is 5.08. The van der Waals surface area contributed by atoms with Gasteiger partial charge in [0.2, 0.25) is 10.0 Å². The van der Waals surface area contributed by atoms with Crippen molar-refractivity contribution >= 4 is 15.7 Å². The predicted molar refractivity (Wildman–Crippen MR) is 49.3 cm³/mol. The van der Waals surface area contributed by atoms with Gasteiger partial charge in [-0.2, -0.15) is 13.2 Å². The molecular weight excluding hydrogens is 299 g/mol. The number of hydrogen-bond donors (Lipinski definition) is 2. The van der Waals surface area contributed by atoms with Gasteiger partial charge < -0.3 is 5.73 Å². The van der Waals surface area contributed by atoms with E-state index in [4.69, 9.17) is 10.9 Å². The molecule has 0 saturated heterocycles. The zero-order valence-corrected chi connectivity index (χ0v) is 11.9. The standard InChI is InChI=1S/C6H8N2O2S.CHF3.Zn/c7-5-1-3-6(4-2-5)11(8,9)10;2-1(3)4;/h1-4H,7H2,(H2,8,9,10);1H;. The summed E-state index contributed by atoms with van der Waals surface area (Å²) in [6, 6.07) is 5.70. The van der Waals surface area contributed by atoms with Gasteiger partial charge in [0.25, 0.3) is 0 Å². The number of primary sulfonamides is 1. The summed E-state index contributed by atoms with van der Waals surface area (Å²) in [6.07, 6.45) is 0. The molecule has 0 aliphatic carbocycles. The first-order chi connectivity index (χ1) is 6.73. The third kappa shape index (κ3) is 8.64. The average molecular weight is 308 g/mol. The maximum absolute atomic E-state index is 10.7. The number of nitrogen functional groups attached to an aromatic ring is 1. The Bertz CT molecular complexity index is 394. The normalized spacial score (nSPS) is 10.1. The van der Waals surface area contributed by atoms with E-state index in [1.807, 2.05) is 0 Å². The van der Waals surface area contributed by atoms with Crippen LogP contribution in [0.25, 0.3) is 0 Å². The van der Waals surface area contributed by atoms with Crippen molar-refractivity contribution in [3.63, 3.8) is 0 Å². The van der Waals surface area contributed by atoms with Crippen molar-refractivity contribution in [2.24, 2.45) is 5.14 Å². The summed E-state index contributed by atoms with van der Waals surface area (Å²) in [4.78, 5) is 0.0756. The molecule has 0 aliphatic rings. The molecule has 9 heteroatoms. The number of sulfonamides is 1. The van der Waals surface area contributed by atoms with E-state index in [0.29, 0.717) is 5.69 Å². The molecule has 0 saturated carbocycles. The number of rotatable bonds is 1. The molecule has 1 aromatic carbocycles. The van der Waals surface area contributed by atoms with Crippen LogP contribution in [0.5, 0.6) is 0 Å². The number of anilines is 1. The SMILES string of the molecule is FC(F)F.Nc1ccc(S(N)(=O)=O)cc1.[Zn]. The van der Waals surface area contributed by atoms with Gasteiger partial charge in [-0.25, -0.2) is 13.6 Å². The van der Waals surface area contributed by atoms with Gasteiger partial charge in [-0.1, -0.05) is 0 Å². The fourth-order valence-corrected chi connectivity index (χ4v) is 1.17. The van der Waals surface area contributed by atoms with Crippen LogP contribution >= 0.6 is 0 Å². The molecule has 0 atom stereocenters. The molecule has 4 N–H and O–H groups in total. The summed E-state index contributed by atoms with van der Waals surface area (Å²) < 4.78 is 50.4. The Morgan fingerprint density at radius 1 is 1.06 bits per heavy atom. The molecule has 0 spiro atoms. The molecule has 0 aromatic heterocycles. The van der Waals surface area contributed by atoms with Crippen LogP contribution in [-0.4, -0.2) is 15.1 Å². The van der Waals surface area contributed by atoms with Crippen LogP contribution in [0.2, 0.25) is 0 Å². The van der Waals surface area contributed by atoms with Gasteiger partial charge in [-0.3, -0.25) is 0 Å². The first kappa shape index (κ1) is 17.7. The molecule has 1 aromatic rings. The van der Waals surface area contributed by atoms with Crippen LogP contribution in [0.15, 0.2) is 29.2 Å². The van der Waals surface area contributed by atoms with E-state index >= 15 is 0 Å². The minimum atomic E-state index is -3.67. The molecule has 0 aliphatic heterocycles. The second kappa shape index (κ2) is 7.59. The Balaban J connectivity index is 0. The van der Waals surface area contributed by atoms with E-state index in [1.165, 1.54) is 24.3 Å². The Morgan fingerprint density at radius 3 is 1.62 bits per heavy atom. The molecular formula is C7H9F3N2O2SZn. The second-order valence-corrected chi connectivity index (χ2v) is 3.92. The molecule has 1 rings (SSSR count). The first-order valence-electron chi connectivity index (χ1n) is 3.54. The Morgan fingerprint density at radius 2 is 1.38 bits per heavy atom. The van der Waals surface area contributed by atoms with Crippen LogP contribution in [0.4, 0.5) is 18.9 Å². The summed E-state index contributed by atoms with van der Waals surface area (Å²) in [5, 5.41) is 4.84. The summed E-state index contributed by atoms with van der Waals surface area (Å²) in [5.74, 6) is 0. The molecule has 0 fully saturated rings. The molecule has 0 unspecified atom stereocenters. The van der Waals surface area contributed by atoms with Crippen LogP contribution in [0.3, 0.4) is 0 Å². The third-order valence-electron chi connectivity index (χ3n) is 1.21. The predicted octanol–water partition coefficient (Wildman–Crippen LogP) is 1.09. The molecule has 0 amide bonds.